The zero-order valence-corrected chi connectivity index (χ0v) is 12.2. The molecule has 1 heterocycles. The minimum atomic E-state index is -0.695. The van der Waals surface area contributed by atoms with Crippen molar-refractivity contribution in [1.82, 2.24) is 4.98 Å². The van der Waals surface area contributed by atoms with Gasteiger partial charge in [-0.1, -0.05) is 46.0 Å². The van der Waals surface area contributed by atoms with Crippen molar-refractivity contribution in [3.63, 3.8) is 0 Å². The Labute approximate surface area is 129 Å². The van der Waals surface area contributed by atoms with Crippen molar-refractivity contribution in [2.75, 3.05) is 0 Å². The monoisotopic (exact) mass is 328 g/mol. The molecule has 0 bridgehead atoms. The maximum absolute atomic E-state index is 11.7. The average Bonchev–Trinajstić information content (AvgIpc) is 2.43. The van der Waals surface area contributed by atoms with Gasteiger partial charge in [0.25, 0.3) is 0 Å². The highest BCUT2D eigenvalue weighted by atomic mass is 35.5. The Morgan fingerprint density at radius 3 is 2.70 bits per heavy atom. The molecule has 20 heavy (non-hydrogen) atoms. The fourth-order valence-electron chi connectivity index (χ4n) is 1.32. The molecule has 0 unspecified atom stereocenters. The van der Waals surface area contributed by atoms with Gasteiger partial charge in [0.2, 0.25) is 0 Å². The van der Waals surface area contributed by atoms with Crippen molar-refractivity contribution in [3.8, 4) is 0 Å². The lowest BCUT2D eigenvalue weighted by Crippen LogP contribution is -2.02. The standard InChI is InChI=1S/C13H7Cl3N2O2/c14-10-4-3-8(6-11(10)15)7-18-20-13(19)9-2-1-5-17-12(9)16/h1-7H. The summed E-state index contributed by atoms with van der Waals surface area (Å²) >= 11 is 17.4. The number of carbonyl (C=O) groups is 1. The first kappa shape index (κ1) is 14.8. The fourth-order valence-corrected chi connectivity index (χ4v) is 1.82. The molecule has 0 aliphatic heterocycles. The Balaban J connectivity index is 2.05. The summed E-state index contributed by atoms with van der Waals surface area (Å²) in [7, 11) is 0. The highest BCUT2D eigenvalue weighted by molar-refractivity contribution is 6.42. The van der Waals surface area contributed by atoms with Crippen LogP contribution in [-0.2, 0) is 4.84 Å². The van der Waals surface area contributed by atoms with Gasteiger partial charge in [-0.05, 0) is 29.8 Å². The zero-order chi connectivity index (χ0) is 14.5. The molecule has 1 aromatic heterocycles. The number of hydrogen-bond donors (Lipinski definition) is 0. The van der Waals surface area contributed by atoms with E-state index in [1.54, 1.807) is 24.3 Å². The van der Waals surface area contributed by atoms with Crippen molar-refractivity contribution in [2.45, 2.75) is 0 Å². The van der Waals surface area contributed by atoms with Crippen molar-refractivity contribution in [3.05, 3.63) is 62.9 Å². The van der Waals surface area contributed by atoms with Crippen LogP contribution in [0.3, 0.4) is 0 Å². The Bertz CT molecular complexity index is 674. The Morgan fingerprint density at radius 2 is 2.00 bits per heavy atom. The molecule has 102 valence electrons. The molecular formula is C13H7Cl3N2O2. The molecule has 4 nitrogen and oxygen atoms in total. The molecule has 0 saturated carbocycles. The van der Waals surface area contributed by atoms with E-state index in [4.69, 9.17) is 39.6 Å². The summed E-state index contributed by atoms with van der Waals surface area (Å²) in [5.41, 5.74) is 0.782. The van der Waals surface area contributed by atoms with Crippen LogP contribution >= 0.6 is 34.8 Å². The van der Waals surface area contributed by atoms with E-state index in [0.29, 0.717) is 15.6 Å². The van der Waals surface area contributed by atoms with Crippen LogP contribution in [0.15, 0.2) is 41.7 Å². The van der Waals surface area contributed by atoms with Gasteiger partial charge in [-0.3, -0.25) is 0 Å². The molecular weight excluding hydrogens is 323 g/mol. The Morgan fingerprint density at radius 1 is 1.20 bits per heavy atom. The number of halogens is 3. The van der Waals surface area contributed by atoms with E-state index in [0.717, 1.165) is 0 Å². The molecule has 0 atom stereocenters. The molecule has 0 fully saturated rings. The minimum absolute atomic E-state index is 0.0576. The van der Waals surface area contributed by atoms with E-state index < -0.39 is 5.97 Å². The largest absolute Gasteiger partial charge is 0.368 e. The Hall–Kier alpha value is -1.62. The smallest absolute Gasteiger partial charge is 0.313 e. The second-order valence-corrected chi connectivity index (χ2v) is 4.80. The van der Waals surface area contributed by atoms with Crippen molar-refractivity contribution in [2.24, 2.45) is 5.16 Å². The van der Waals surface area contributed by atoms with Crippen LogP contribution in [0.2, 0.25) is 15.2 Å². The highest BCUT2D eigenvalue weighted by Crippen LogP contribution is 2.21. The third-order valence-corrected chi connectivity index (χ3v) is 3.30. The van der Waals surface area contributed by atoms with Gasteiger partial charge in [-0.2, -0.15) is 0 Å². The lowest BCUT2D eigenvalue weighted by Gasteiger charge is -1.99. The molecule has 0 amide bonds. The minimum Gasteiger partial charge on any atom is -0.313 e. The van der Waals surface area contributed by atoms with Crippen LogP contribution in [0.4, 0.5) is 0 Å². The second kappa shape index (κ2) is 6.70. The van der Waals surface area contributed by atoms with Crippen LogP contribution in [0, 0.1) is 0 Å². The molecule has 0 spiro atoms. The number of aromatic nitrogens is 1. The molecule has 0 radical (unpaired) electrons. The molecule has 1 aromatic carbocycles. The van der Waals surface area contributed by atoms with E-state index in [9.17, 15) is 4.79 Å². The molecule has 7 heteroatoms. The number of pyridine rings is 1. The fraction of sp³-hybridized carbons (Fsp3) is 0. The highest BCUT2D eigenvalue weighted by Gasteiger charge is 2.11. The lowest BCUT2D eigenvalue weighted by atomic mass is 10.2. The molecule has 0 N–H and O–H groups in total. The summed E-state index contributed by atoms with van der Waals surface area (Å²) in [5, 5.41) is 4.44. The number of nitrogens with zero attached hydrogens (tertiary/aromatic N) is 2. The van der Waals surface area contributed by atoms with Crippen molar-refractivity contribution >= 4 is 47.0 Å². The first-order valence-electron chi connectivity index (χ1n) is 5.38. The lowest BCUT2D eigenvalue weighted by molar-refractivity contribution is 0.0519. The summed E-state index contributed by atoms with van der Waals surface area (Å²) in [6.45, 7) is 0. The van der Waals surface area contributed by atoms with Gasteiger partial charge >= 0.3 is 5.97 Å². The number of rotatable bonds is 3. The summed E-state index contributed by atoms with van der Waals surface area (Å²) in [6.07, 6.45) is 2.81. The van der Waals surface area contributed by atoms with E-state index in [1.165, 1.54) is 18.5 Å². The van der Waals surface area contributed by atoms with Crippen LogP contribution < -0.4 is 0 Å². The summed E-state index contributed by atoms with van der Waals surface area (Å²) in [5.74, 6) is -0.695. The first-order valence-corrected chi connectivity index (χ1v) is 6.51. The number of oxime groups is 1. The van der Waals surface area contributed by atoms with Gasteiger partial charge in [0.05, 0.1) is 21.8 Å². The third-order valence-electron chi connectivity index (χ3n) is 2.26. The normalized spacial score (nSPS) is 10.8. The van der Waals surface area contributed by atoms with Crippen LogP contribution in [-0.4, -0.2) is 17.2 Å². The van der Waals surface area contributed by atoms with Crippen molar-refractivity contribution in [1.29, 1.82) is 0 Å². The summed E-state index contributed by atoms with van der Waals surface area (Å²) < 4.78 is 0. The molecule has 2 rings (SSSR count). The van der Waals surface area contributed by atoms with E-state index in [1.807, 2.05) is 0 Å². The third kappa shape index (κ3) is 3.70. The van der Waals surface area contributed by atoms with Crippen LogP contribution in [0.5, 0.6) is 0 Å². The summed E-state index contributed by atoms with van der Waals surface area (Å²) in [6, 6.07) is 7.96. The molecule has 0 aliphatic rings. The van der Waals surface area contributed by atoms with Crippen LogP contribution in [0.25, 0.3) is 0 Å². The number of carbonyl (C=O) groups excluding carboxylic acids is 1. The molecule has 0 aliphatic carbocycles. The van der Waals surface area contributed by atoms with E-state index >= 15 is 0 Å². The van der Waals surface area contributed by atoms with Gasteiger partial charge in [0.15, 0.2) is 0 Å². The number of benzene rings is 1. The van der Waals surface area contributed by atoms with E-state index in [2.05, 4.69) is 10.1 Å². The quantitative estimate of drug-likeness (QED) is 0.366. The Kier molecular flexibility index (Phi) is 4.95. The molecule has 2 aromatic rings. The SMILES string of the molecule is O=C(ON=Cc1ccc(Cl)c(Cl)c1)c1cccnc1Cl. The predicted octanol–water partition coefficient (Wildman–Crippen LogP) is 4.23. The van der Waals surface area contributed by atoms with Gasteiger partial charge in [-0.15, -0.1) is 0 Å². The topological polar surface area (TPSA) is 51.5 Å². The maximum Gasteiger partial charge on any atom is 0.368 e. The van der Waals surface area contributed by atoms with Crippen LogP contribution in [0.1, 0.15) is 15.9 Å². The predicted molar refractivity (Wildman–Crippen MR) is 78.7 cm³/mol. The van der Waals surface area contributed by atoms with Gasteiger partial charge in [-0.25, -0.2) is 9.78 Å². The second-order valence-electron chi connectivity index (χ2n) is 3.63. The van der Waals surface area contributed by atoms with E-state index in [-0.39, 0.29) is 10.7 Å². The van der Waals surface area contributed by atoms with Gasteiger partial charge in [0.1, 0.15) is 5.15 Å². The average molecular weight is 330 g/mol. The van der Waals surface area contributed by atoms with Gasteiger partial charge in [0, 0.05) is 6.20 Å². The maximum atomic E-state index is 11.7. The molecule has 0 saturated heterocycles. The first-order chi connectivity index (χ1) is 9.58. The zero-order valence-electron chi connectivity index (χ0n) is 9.89. The number of hydrogen-bond acceptors (Lipinski definition) is 4. The van der Waals surface area contributed by atoms with Crippen molar-refractivity contribution < 1.29 is 9.63 Å². The summed E-state index contributed by atoms with van der Waals surface area (Å²) in [4.78, 5) is 20.2. The van der Waals surface area contributed by atoms with Gasteiger partial charge < -0.3 is 4.84 Å².